The Morgan fingerprint density at radius 2 is 1.72 bits per heavy atom. The first-order valence-corrected chi connectivity index (χ1v) is 16.9. The highest BCUT2D eigenvalue weighted by atomic mass is 32.1. The van der Waals surface area contributed by atoms with Gasteiger partial charge in [0.05, 0.1) is 27.4 Å². The number of nitrogens with one attached hydrogen (secondary N) is 3. The van der Waals surface area contributed by atoms with Gasteiger partial charge in [0, 0.05) is 61.4 Å². The summed E-state index contributed by atoms with van der Waals surface area (Å²) in [6, 6.07) is 18.0. The molecule has 0 spiro atoms. The van der Waals surface area contributed by atoms with Crippen molar-refractivity contribution in [3.05, 3.63) is 90.5 Å². The molecule has 3 N–H and O–H groups in total. The van der Waals surface area contributed by atoms with Crippen LogP contribution in [-0.4, -0.2) is 49.6 Å². The van der Waals surface area contributed by atoms with E-state index in [-0.39, 0.29) is 11.4 Å². The van der Waals surface area contributed by atoms with Crippen LogP contribution in [0.15, 0.2) is 79.1 Å². The van der Waals surface area contributed by atoms with E-state index in [0.717, 1.165) is 32.7 Å². The normalized spacial score (nSPS) is 11.4. The molecule has 3 heterocycles. The number of carbonyl (C=O) groups is 1. The second kappa shape index (κ2) is 13.4. The van der Waals surface area contributed by atoms with Gasteiger partial charge in [-0.05, 0) is 67.4 Å². The van der Waals surface area contributed by atoms with E-state index in [1.807, 2.05) is 24.4 Å². The number of methoxy groups -OCH3 is 1. The first-order valence-electron chi connectivity index (χ1n) is 13.4. The van der Waals surface area contributed by atoms with E-state index in [2.05, 4.69) is 25.9 Å². The number of hydrogen-bond donors (Lipinski definition) is 3. The van der Waals surface area contributed by atoms with Crippen LogP contribution in [-0.2, 0) is 15.8 Å². The van der Waals surface area contributed by atoms with Crippen LogP contribution in [0.2, 0.25) is 0 Å². The fourth-order valence-electron chi connectivity index (χ4n) is 4.18. The molecule has 0 saturated carbocycles. The Labute approximate surface area is 252 Å². The number of urea groups is 1. The summed E-state index contributed by atoms with van der Waals surface area (Å²) in [5, 5.41) is 9.31. The zero-order chi connectivity index (χ0) is 30.4. The lowest BCUT2D eigenvalue weighted by molar-refractivity contribution is 0.199. The van der Waals surface area contributed by atoms with Gasteiger partial charge in [0.15, 0.2) is 11.6 Å². The molecular weight excluding hydrogens is 588 g/mol. The topological polar surface area (TPSA) is 114 Å². The van der Waals surface area contributed by atoms with Crippen molar-refractivity contribution in [2.45, 2.75) is 6.54 Å². The van der Waals surface area contributed by atoms with Gasteiger partial charge in [-0.25, -0.2) is 9.18 Å². The van der Waals surface area contributed by atoms with Crippen LogP contribution in [0.3, 0.4) is 0 Å². The molecule has 5 aromatic rings. The van der Waals surface area contributed by atoms with Gasteiger partial charge in [-0.2, -0.15) is 0 Å². The minimum atomic E-state index is -2.39. The van der Waals surface area contributed by atoms with E-state index in [1.54, 1.807) is 63.0 Å². The number of halogens is 1. The molecule has 2 amide bonds. The third-order valence-corrected chi connectivity index (χ3v) is 9.12. The minimum absolute atomic E-state index is 0.0102. The molecule has 0 aliphatic carbocycles. The Morgan fingerprint density at radius 3 is 2.42 bits per heavy atom. The summed E-state index contributed by atoms with van der Waals surface area (Å²) in [7, 11) is -0.718. The van der Waals surface area contributed by atoms with Crippen LogP contribution in [0.25, 0.3) is 20.8 Å². The van der Waals surface area contributed by atoms with Crippen molar-refractivity contribution in [3.8, 4) is 22.1 Å². The fourth-order valence-corrected chi connectivity index (χ4v) is 6.09. The van der Waals surface area contributed by atoms with Gasteiger partial charge in [0.1, 0.15) is 12.9 Å². The summed E-state index contributed by atoms with van der Waals surface area (Å²) in [6.07, 6.45) is 3.45. The van der Waals surface area contributed by atoms with Crippen LogP contribution in [0.4, 0.5) is 20.6 Å². The number of hydrogen-bond acceptors (Lipinski definition) is 8. The number of thiophene rings is 1. The Bertz CT molecular complexity index is 1770. The average Bonchev–Trinajstić information content (AvgIpc) is 3.42. The fraction of sp³-hybridized carbons (Fsp3) is 0.194. The monoisotopic (exact) mass is 619 g/mol. The van der Waals surface area contributed by atoms with E-state index < -0.39 is 19.0 Å². The number of benzene rings is 2. The first kappa shape index (κ1) is 30.3. The van der Waals surface area contributed by atoms with Crippen molar-refractivity contribution in [2.75, 3.05) is 44.2 Å². The number of anilines is 2. The lowest BCUT2D eigenvalue weighted by Crippen LogP contribution is -2.19. The molecule has 3 aromatic heterocycles. The zero-order valence-electron chi connectivity index (χ0n) is 23.9. The molecule has 43 heavy (non-hydrogen) atoms. The molecule has 0 radical (unpaired) electrons. The van der Waals surface area contributed by atoms with E-state index in [9.17, 15) is 9.36 Å². The predicted molar refractivity (Wildman–Crippen MR) is 171 cm³/mol. The molecule has 2 aromatic carbocycles. The van der Waals surface area contributed by atoms with Gasteiger partial charge in [0.2, 0.25) is 0 Å². The van der Waals surface area contributed by atoms with Gasteiger partial charge >= 0.3 is 6.03 Å². The van der Waals surface area contributed by atoms with Gasteiger partial charge in [-0.15, -0.1) is 11.3 Å². The highest BCUT2D eigenvalue weighted by molar-refractivity contribution is 7.70. The van der Waals surface area contributed by atoms with Crippen molar-refractivity contribution in [1.82, 2.24) is 15.3 Å². The summed E-state index contributed by atoms with van der Waals surface area (Å²) in [4.78, 5) is 22.4. The Balaban J connectivity index is 1.24. The maximum absolute atomic E-state index is 15.1. The quantitative estimate of drug-likeness (QED) is 0.109. The predicted octanol–water partition coefficient (Wildman–Crippen LogP) is 6.92. The Morgan fingerprint density at radius 1 is 0.953 bits per heavy atom. The van der Waals surface area contributed by atoms with Crippen LogP contribution in [0.1, 0.15) is 5.56 Å². The van der Waals surface area contributed by atoms with E-state index in [4.69, 9.17) is 9.47 Å². The van der Waals surface area contributed by atoms with E-state index in [0.29, 0.717) is 30.1 Å². The molecule has 0 atom stereocenters. The number of nitrogens with zero attached hydrogens (tertiary/aromatic N) is 2. The minimum Gasteiger partial charge on any atom is -0.453 e. The van der Waals surface area contributed by atoms with E-state index >= 15 is 4.39 Å². The number of pyridine rings is 2. The number of carbonyl (C=O) groups excluding carboxylic acids is 1. The SMILES string of the molecule is COCCNCc1ccc(-c2cc3nccc(Oc4ccc(NC(=O)Nc5ccc(P(C)(C)=O)cc5)cc4F)c3s2)nc1. The number of rotatable bonds is 11. The largest absolute Gasteiger partial charge is 0.453 e. The summed E-state index contributed by atoms with van der Waals surface area (Å²) in [6.45, 7) is 5.47. The first-order chi connectivity index (χ1) is 20.7. The molecule has 0 fully saturated rings. The molecule has 0 unspecified atom stereocenters. The number of amides is 2. The lowest BCUT2D eigenvalue weighted by Gasteiger charge is -2.11. The molecule has 222 valence electrons. The lowest BCUT2D eigenvalue weighted by atomic mass is 10.2. The molecule has 9 nitrogen and oxygen atoms in total. The van der Waals surface area contributed by atoms with Crippen LogP contribution >= 0.6 is 18.5 Å². The Kier molecular flexibility index (Phi) is 9.47. The highest BCUT2D eigenvalue weighted by Gasteiger charge is 2.15. The molecule has 0 aliphatic rings. The smallest absolute Gasteiger partial charge is 0.323 e. The van der Waals surface area contributed by atoms with Gasteiger partial charge in [-0.3, -0.25) is 9.97 Å². The van der Waals surface area contributed by atoms with Gasteiger partial charge in [0.25, 0.3) is 0 Å². The van der Waals surface area contributed by atoms with E-state index in [1.165, 1.54) is 23.5 Å². The second-order valence-electron chi connectivity index (χ2n) is 10.1. The summed E-state index contributed by atoms with van der Waals surface area (Å²) >= 11 is 1.46. The molecule has 0 saturated heterocycles. The summed E-state index contributed by atoms with van der Waals surface area (Å²) < 4.78 is 39.0. The maximum atomic E-state index is 15.1. The standard InChI is InChI=1S/C31H31FN5O4PS/c1-40-15-14-33-18-20-4-10-25(35-19-20)29-17-26-30(43-29)28(12-13-34-26)41-27-11-7-22(16-24(27)32)37-31(38)36-21-5-8-23(9-6-21)42(2,3)39/h4-13,16-17,19,33H,14-15,18H2,1-3H3,(H2,36,37,38). The number of fused-ring (bicyclic) bond motifs is 1. The van der Waals surface area contributed by atoms with Crippen LogP contribution in [0, 0.1) is 5.82 Å². The third kappa shape index (κ3) is 7.82. The maximum Gasteiger partial charge on any atom is 0.323 e. The van der Waals surface area contributed by atoms with Gasteiger partial charge in [-0.1, -0.05) is 6.07 Å². The van der Waals surface area contributed by atoms with Crippen molar-refractivity contribution in [3.63, 3.8) is 0 Å². The van der Waals surface area contributed by atoms with Gasteiger partial charge < -0.3 is 30.0 Å². The van der Waals surface area contributed by atoms with Crippen LogP contribution in [0.5, 0.6) is 11.5 Å². The molecule has 0 bridgehead atoms. The number of ether oxygens (including phenoxy) is 2. The van der Waals surface area contributed by atoms with Crippen molar-refractivity contribution < 1.29 is 23.2 Å². The molecular formula is C31H31FN5O4PS. The average molecular weight is 620 g/mol. The summed E-state index contributed by atoms with van der Waals surface area (Å²) in [5.41, 5.74) is 3.36. The van der Waals surface area contributed by atoms with Crippen molar-refractivity contribution in [2.24, 2.45) is 0 Å². The van der Waals surface area contributed by atoms with Crippen molar-refractivity contribution in [1.29, 1.82) is 0 Å². The number of aromatic nitrogens is 2. The molecule has 5 rings (SSSR count). The molecule has 0 aliphatic heterocycles. The highest BCUT2D eigenvalue weighted by Crippen LogP contribution is 2.39. The van der Waals surface area contributed by atoms with Crippen LogP contribution < -0.4 is 26.0 Å². The summed E-state index contributed by atoms with van der Waals surface area (Å²) in [5.74, 6) is -0.164. The zero-order valence-corrected chi connectivity index (χ0v) is 25.6. The second-order valence-corrected chi connectivity index (χ2v) is 14.3. The third-order valence-electron chi connectivity index (χ3n) is 6.42. The molecule has 12 heteroatoms. The van der Waals surface area contributed by atoms with Crippen molar-refractivity contribution >= 4 is 51.4 Å². The Hall–Kier alpha value is -4.15.